The molecule has 0 saturated heterocycles. The third kappa shape index (κ3) is 3.21. The van der Waals surface area contributed by atoms with E-state index in [0.29, 0.717) is 21.9 Å². The number of nitrogens with zero attached hydrogens (tertiary/aromatic N) is 5. The highest BCUT2D eigenvalue weighted by Crippen LogP contribution is 2.28. The maximum atomic E-state index is 12.9. The zero-order valence-corrected chi connectivity index (χ0v) is 12.7. The predicted molar refractivity (Wildman–Crippen MR) is 79.3 cm³/mol. The van der Waals surface area contributed by atoms with E-state index in [2.05, 4.69) is 15.3 Å². The third-order valence-electron chi connectivity index (χ3n) is 3.20. The molecule has 0 aliphatic carbocycles. The van der Waals surface area contributed by atoms with Crippen molar-refractivity contribution in [3.63, 3.8) is 0 Å². The van der Waals surface area contributed by atoms with Crippen LogP contribution in [-0.4, -0.2) is 26.9 Å². The number of rotatable bonds is 3. The van der Waals surface area contributed by atoms with Crippen molar-refractivity contribution in [1.29, 1.82) is 0 Å². The first kappa shape index (κ1) is 15.5. The fourth-order valence-corrected chi connectivity index (χ4v) is 2.36. The minimum atomic E-state index is -4.61. The fraction of sp³-hybridized carbons (Fsp3) is 0.214. The summed E-state index contributed by atoms with van der Waals surface area (Å²) in [6.45, 7) is 0.447. The van der Waals surface area contributed by atoms with E-state index in [1.54, 1.807) is 30.1 Å². The van der Waals surface area contributed by atoms with Gasteiger partial charge in [0.15, 0.2) is 5.65 Å². The maximum absolute atomic E-state index is 12.9. The number of alkyl halides is 3. The summed E-state index contributed by atoms with van der Waals surface area (Å²) in [4.78, 5) is 1.71. The molecule has 0 unspecified atom stereocenters. The summed E-state index contributed by atoms with van der Waals surface area (Å²) in [5.74, 6) is -0.784. The number of aromatic nitrogens is 4. The molecule has 5 nitrogen and oxygen atoms in total. The molecule has 0 radical (unpaired) electrons. The van der Waals surface area contributed by atoms with E-state index in [1.165, 1.54) is 6.07 Å². The smallest absolute Gasteiger partial charge is 0.354 e. The van der Waals surface area contributed by atoms with Crippen LogP contribution in [0.3, 0.4) is 0 Å². The highest BCUT2D eigenvalue weighted by atomic mass is 35.5. The van der Waals surface area contributed by atoms with Crippen molar-refractivity contribution in [3.8, 4) is 0 Å². The van der Waals surface area contributed by atoms with E-state index in [0.717, 1.165) is 5.56 Å². The van der Waals surface area contributed by atoms with E-state index in [4.69, 9.17) is 11.6 Å². The Bertz CT molecular complexity index is 846. The molecule has 0 aliphatic rings. The fourth-order valence-electron chi connectivity index (χ4n) is 2.15. The highest BCUT2D eigenvalue weighted by Gasteiger charge is 2.37. The van der Waals surface area contributed by atoms with Crippen LogP contribution in [0.1, 0.15) is 11.4 Å². The summed E-state index contributed by atoms with van der Waals surface area (Å²) < 4.78 is 39.3. The molecule has 0 saturated carbocycles. The first-order chi connectivity index (χ1) is 10.8. The number of fused-ring (bicyclic) bond motifs is 1. The van der Waals surface area contributed by atoms with Crippen molar-refractivity contribution >= 4 is 23.1 Å². The Morgan fingerprint density at radius 2 is 1.96 bits per heavy atom. The van der Waals surface area contributed by atoms with E-state index >= 15 is 0 Å². The van der Waals surface area contributed by atoms with Crippen molar-refractivity contribution in [2.75, 3.05) is 11.9 Å². The Hall–Kier alpha value is -2.35. The van der Waals surface area contributed by atoms with Crippen LogP contribution in [0.2, 0.25) is 5.02 Å². The van der Waals surface area contributed by atoms with Crippen LogP contribution >= 0.6 is 11.6 Å². The minimum Gasteiger partial charge on any atom is -0.354 e. The largest absolute Gasteiger partial charge is 0.453 e. The summed E-state index contributed by atoms with van der Waals surface area (Å²) >= 11 is 5.93. The molecule has 0 aliphatic heterocycles. The van der Waals surface area contributed by atoms with Crippen LogP contribution in [-0.2, 0) is 12.7 Å². The second-order valence-corrected chi connectivity index (χ2v) is 5.41. The predicted octanol–water partition coefficient (Wildman–Crippen LogP) is 3.43. The average Bonchev–Trinajstić information content (AvgIpc) is 2.90. The molecular weight excluding hydrogens is 331 g/mol. The molecule has 9 heteroatoms. The van der Waals surface area contributed by atoms with Crippen molar-refractivity contribution in [2.24, 2.45) is 0 Å². The summed E-state index contributed by atoms with van der Waals surface area (Å²) in [7, 11) is 1.73. The van der Waals surface area contributed by atoms with Gasteiger partial charge in [-0.1, -0.05) is 23.7 Å². The van der Waals surface area contributed by atoms with Gasteiger partial charge < -0.3 is 4.90 Å². The average molecular weight is 342 g/mol. The molecule has 0 amide bonds. The summed E-state index contributed by atoms with van der Waals surface area (Å²) in [6.07, 6.45) is -4.61. The van der Waals surface area contributed by atoms with Gasteiger partial charge in [-0.15, -0.1) is 15.3 Å². The van der Waals surface area contributed by atoms with Gasteiger partial charge in [-0.2, -0.15) is 17.7 Å². The molecule has 2 heterocycles. The monoisotopic (exact) mass is 341 g/mol. The topological polar surface area (TPSA) is 46.3 Å². The standard InChI is InChI=1S/C14H11ClF3N5/c1-22(8-9-3-2-4-10(15)7-9)12-6-5-11-19-20-13(14(16,17)18)23(11)21-12/h2-7H,8H2,1H3. The molecule has 2 aromatic heterocycles. The van der Waals surface area contributed by atoms with Gasteiger partial charge >= 0.3 is 6.18 Å². The van der Waals surface area contributed by atoms with Crippen LogP contribution in [0.5, 0.6) is 0 Å². The zero-order valence-electron chi connectivity index (χ0n) is 11.9. The third-order valence-corrected chi connectivity index (χ3v) is 3.44. The van der Waals surface area contributed by atoms with E-state index in [-0.39, 0.29) is 5.65 Å². The van der Waals surface area contributed by atoms with Crippen molar-refractivity contribution < 1.29 is 13.2 Å². The molecule has 0 bridgehead atoms. The lowest BCUT2D eigenvalue weighted by Gasteiger charge is -2.18. The van der Waals surface area contributed by atoms with Crippen molar-refractivity contribution in [3.05, 3.63) is 52.8 Å². The molecule has 0 atom stereocenters. The van der Waals surface area contributed by atoms with Crippen molar-refractivity contribution in [1.82, 2.24) is 19.8 Å². The number of benzene rings is 1. The number of hydrogen-bond acceptors (Lipinski definition) is 4. The van der Waals surface area contributed by atoms with E-state index < -0.39 is 12.0 Å². The SMILES string of the molecule is CN(Cc1cccc(Cl)c1)c1ccc2nnc(C(F)(F)F)n2n1. The first-order valence-electron chi connectivity index (χ1n) is 6.60. The summed E-state index contributed by atoms with van der Waals surface area (Å²) in [5.41, 5.74) is 0.957. The lowest BCUT2D eigenvalue weighted by atomic mass is 10.2. The van der Waals surface area contributed by atoms with Gasteiger partial charge in [0.25, 0.3) is 5.82 Å². The second-order valence-electron chi connectivity index (χ2n) is 4.97. The van der Waals surface area contributed by atoms with Gasteiger partial charge in [-0.25, -0.2) is 0 Å². The van der Waals surface area contributed by atoms with Gasteiger partial charge in [0.1, 0.15) is 5.82 Å². The highest BCUT2D eigenvalue weighted by molar-refractivity contribution is 6.30. The van der Waals surface area contributed by atoms with Gasteiger partial charge in [0.05, 0.1) is 0 Å². The lowest BCUT2D eigenvalue weighted by molar-refractivity contribution is -0.146. The molecule has 0 N–H and O–H groups in total. The lowest BCUT2D eigenvalue weighted by Crippen LogP contribution is -2.20. The molecule has 0 fully saturated rings. The van der Waals surface area contributed by atoms with Gasteiger partial charge in [0.2, 0.25) is 0 Å². The Kier molecular flexibility index (Phi) is 3.85. The normalized spacial score (nSPS) is 11.9. The van der Waals surface area contributed by atoms with Gasteiger partial charge in [-0.3, -0.25) is 0 Å². The molecular formula is C14H11ClF3N5. The zero-order chi connectivity index (χ0) is 16.6. The Morgan fingerprint density at radius 3 is 2.65 bits per heavy atom. The van der Waals surface area contributed by atoms with Crippen LogP contribution in [0.4, 0.5) is 19.0 Å². The Labute approximate surface area is 134 Å². The van der Waals surface area contributed by atoms with Crippen LogP contribution in [0.15, 0.2) is 36.4 Å². The Balaban J connectivity index is 1.93. The summed E-state index contributed by atoms with van der Waals surface area (Å²) in [6, 6.07) is 10.3. The summed E-state index contributed by atoms with van der Waals surface area (Å²) in [5, 5.41) is 11.2. The van der Waals surface area contributed by atoms with Gasteiger partial charge in [0, 0.05) is 18.6 Å². The Morgan fingerprint density at radius 1 is 1.17 bits per heavy atom. The second kappa shape index (κ2) is 5.69. The first-order valence-corrected chi connectivity index (χ1v) is 6.97. The van der Waals surface area contributed by atoms with Crippen LogP contribution in [0.25, 0.3) is 5.65 Å². The molecule has 3 rings (SSSR count). The van der Waals surface area contributed by atoms with Crippen molar-refractivity contribution in [2.45, 2.75) is 12.7 Å². The van der Waals surface area contributed by atoms with E-state index in [9.17, 15) is 13.2 Å². The molecule has 23 heavy (non-hydrogen) atoms. The van der Waals surface area contributed by atoms with Crippen LogP contribution < -0.4 is 4.90 Å². The maximum Gasteiger partial charge on any atom is 0.453 e. The minimum absolute atomic E-state index is 0.0391. The molecule has 120 valence electrons. The molecule has 1 aromatic carbocycles. The quantitative estimate of drug-likeness (QED) is 0.732. The number of anilines is 1. The molecule has 0 spiro atoms. The number of halogens is 4. The molecule has 3 aromatic rings. The van der Waals surface area contributed by atoms with Crippen LogP contribution in [0, 0.1) is 0 Å². The van der Waals surface area contributed by atoms with Gasteiger partial charge in [-0.05, 0) is 29.8 Å². The van der Waals surface area contributed by atoms with E-state index in [1.807, 2.05) is 12.1 Å². The number of hydrogen-bond donors (Lipinski definition) is 0.